The summed E-state index contributed by atoms with van der Waals surface area (Å²) in [5.41, 5.74) is 7.32. The summed E-state index contributed by atoms with van der Waals surface area (Å²) in [7, 11) is 0. The van der Waals surface area contributed by atoms with Crippen LogP contribution in [0, 0.1) is 20.3 Å². The molecule has 4 rings (SSSR count). The first-order chi connectivity index (χ1) is 11.4. The molecule has 1 heterocycles. The lowest BCUT2D eigenvalue weighted by molar-refractivity contribution is 0.194. The van der Waals surface area contributed by atoms with Crippen molar-refractivity contribution in [3.63, 3.8) is 0 Å². The minimum atomic E-state index is 0.237. The Bertz CT molecular complexity index is 793. The Morgan fingerprint density at radius 1 is 1.25 bits per heavy atom. The fourth-order valence-corrected chi connectivity index (χ4v) is 5.31. The molecule has 2 atom stereocenters. The van der Waals surface area contributed by atoms with Crippen LogP contribution < -0.4 is 5.43 Å². The third-order valence-corrected chi connectivity index (χ3v) is 7.91. The molecule has 126 valence electrons. The number of nitrogens with zero attached hydrogens (tertiary/aromatic N) is 2. The normalized spacial score (nSPS) is 29.3. The molecule has 24 heavy (non-hydrogen) atoms. The fraction of sp³-hybridized carbons (Fsp3) is 0.474. The first-order valence-electron chi connectivity index (χ1n) is 8.45. The van der Waals surface area contributed by atoms with Gasteiger partial charge >= 0.3 is 0 Å². The van der Waals surface area contributed by atoms with Crippen LogP contribution in [0.1, 0.15) is 40.0 Å². The van der Waals surface area contributed by atoms with Gasteiger partial charge in [-0.25, -0.2) is 4.98 Å². The molecule has 2 aliphatic rings. The van der Waals surface area contributed by atoms with E-state index in [0.29, 0.717) is 5.41 Å². The maximum Gasteiger partial charge on any atom is 0.203 e. The number of rotatable bonds is 3. The van der Waals surface area contributed by atoms with Gasteiger partial charge in [0.25, 0.3) is 0 Å². The number of benzene rings is 1. The zero-order valence-corrected chi connectivity index (χ0v) is 17.2. The van der Waals surface area contributed by atoms with Crippen molar-refractivity contribution < 1.29 is 0 Å². The van der Waals surface area contributed by atoms with Gasteiger partial charge in [-0.15, -0.1) is 11.3 Å². The molecular formula is C19H22IN3S. The number of hydrogen-bond donors (Lipinski definition) is 1. The van der Waals surface area contributed by atoms with Crippen molar-refractivity contribution in [2.45, 2.75) is 40.0 Å². The number of hydrazone groups is 1. The summed E-state index contributed by atoms with van der Waals surface area (Å²) in [4.78, 5) is 4.69. The van der Waals surface area contributed by atoms with E-state index < -0.39 is 0 Å². The van der Waals surface area contributed by atoms with Crippen molar-refractivity contribution in [3.05, 3.63) is 33.2 Å². The zero-order chi connectivity index (χ0) is 16.9. The molecule has 2 aromatic rings. The first-order valence-corrected chi connectivity index (χ1v) is 10.4. The van der Waals surface area contributed by atoms with Gasteiger partial charge in [-0.1, -0.05) is 32.9 Å². The molecule has 5 heteroatoms. The van der Waals surface area contributed by atoms with Crippen LogP contribution in [0.25, 0.3) is 11.3 Å². The van der Waals surface area contributed by atoms with E-state index in [1.54, 1.807) is 11.3 Å². The minimum Gasteiger partial charge on any atom is -0.253 e. The van der Waals surface area contributed by atoms with Gasteiger partial charge in [0.1, 0.15) is 0 Å². The molecule has 2 saturated carbocycles. The predicted octanol–water partition coefficient (Wildman–Crippen LogP) is 6.03. The quantitative estimate of drug-likeness (QED) is 0.457. The van der Waals surface area contributed by atoms with Crippen LogP contribution in [0.5, 0.6) is 0 Å². The summed E-state index contributed by atoms with van der Waals surface area (Å²) < 4.78 is 1.24. The summed E-state index contributed by atoms with van der Waals surface area (Å²) >= 11 is 3.94. The third kappa shape index (κ3) is 2.51. The maximum absolute atomic E-state index is 4.78. The second-order valence-electron chi connectivity index (χ2n) is 7.71. The van der Waals surface area contributed by atoms with E-state index in [4.69, 9.17) is 10.1 Å². The van der Waals surface area contributed by atoms with Crippen LogP contribution >= 0.6 is 33.9 Å². The number of halogens is 1. The van der Waals surface area contributed by atoms with E-state index in [2.05, 4.69) is 78.4 Å². The van der Waals surface area contributed by atoms with E-state index in [1.165, 1.54) is 22.1 Å². The Hall–Kier alpha value is -0.950. The summed E-state index contributed by atoms with van der Waals surface area (Å²) in [5, 5.41) is 7.75. The van der Waals surface area contributed by atoms with E-state index in [-0.39, 0.29) is 5.41 Å². The number of aromatic nitrogens is 1. The van der Waals surface area contributed by atoms with E-state index in [1.807, 2.05) is 0 Å². The summed E-state index contributed by atoms with van der Waals surface area (Å²) in [6.07, 6.45) is 3.74. The molecule has 2 fully saturated rings. The number of fused-ring (bicyclic) bond motifs is 2. The van der Waals surface area contributed by atoms with Crippen LogP contribution in [0.4, 0.5) is 5.13 Å². The predicted molar refractivity (Wildman–Crippen MR) is 111 cm³/mol. The highest BCUT2D eigenvalue weighted by Gasteiger charge is 2.59. The van der Waals surface area contributed by atoms with Crippen LogP contribution in [-0.4, -0.2) is 10.7 Å². The maximum atomic E-state index is 4.78. The molecule has 0 radical (unpaired) electrons. The Balaban J connectivity index is 1.52. The van der Waals surface area contributed by atoms with Crippen molar-refractivity contribution in [2.75, 3.05) is 5.43 Å². The molecule has 0 aliphatic heterocycles. The van der Waals surface area contributed by atoms with Crippen molar-refractivity contribution in [3.8, 4) is 11.3 Å². The molecule has 1 N–H and O–H groups in total. The van der Waals surface area contributed by atoms with Crippen molar-refractivity contribution in [1.82, 2.24) is 4.98 Å². The molecule has 0 saturated heterocycles. The zero-order valence-electron chi connectivity index (χ0n) is 14.3. The third-order valence-electron chi connectivity index (χ3n) is 6.44. The average Bonchev–Trinajstić information content (AvgIpc) is 3.16. The molecule has 0 unspecified atom stereocenters. The van der Waals surface area contributed by atoms with Gasteiger partial charge in [0.15, 0.2) is 0 Å². The topological polar surface area (TPSA) is 37.3 Å². The Labute approximate surface area is 161 Å². The second kappa shape index (κ2) is 5.80. The van der Waals surface area contributed by atoms with Gasteiger partial charge in [-0.3, -0.25) is 5.43 Å². The van der Waals surface area contributed by atoms with Crippen LogP contribution in [-0.2, 0) is 0 Å². The van der Waals surface area contributed by atoms with Crippen molar-refractivity contribution in [1.29, 1.82) is 0 Å². The molecule has 0 amide bonds. The molecule has 2 aliphatic carbocycles. The molecule has 0 spiro atoms. The molecule has 3 nitrogen and oxygen atoms in total. The largest absolute Gasteiger partial charge is 0.253 e. The monoisotopic (exact) mass is 451 g/mol. The Morgan fingerprint density at radius 2 is 2.00 bits per heavy atom. The van der Waals surface area contributed by atoms with E-state index in [9.17, 15) is 0 Å². The number of thiazole rings is 1. The highest BCUT2D eigenvalue weighted by atomic mass is 127. The van der Waals surface area contributed by atoms with E-state index in [0.717, 1.165) is 28.7 Å². The second-order valence-corrected chi connectivity index (χ2v) is 9.81. The van der Waals surface area contributed by atoms with E-state index >= 15 is 0 Å². The van der Waals surface area contributed by atoms with Crippen LogP contribution in [0.2, 0.25) is 0 Å². The molecule has 2 bridgehead atoms. The van der Waals surface area contributed by atoms with Gasteiger partial charge in [0, 0.05) is 25.6 Å². The average molecular weight is 451 g/mol. The minimum absolute atomic E-state index is 0.237. The van der Waals surface area contributed by atoms with Crippen LogP contribution in [0.3, 0.4) is 0 Å². The Morgan fingerprint density at radius 3 is 2.62 bits per heavy atom. The summed E-state index contributed by atoms with van der Waals surface area (Å²) in [6.45, 7) is 7.20. The van der Waals surface area contributed by atoms with Crippen molar-refractivity contribution >= 4 is 44.8 Å². The number of hydrogen-bond acceptors (Lipinski definition) is 4. The molecule has 1 aromatic heterocycles. The van der Waals surface area contributed by atoms with Crippen molar-refractivity contribution in [2.24, 2.45) is 21.8 Å². The SMILES string of the molecule is CC1(C)[C@@H]2CC[C@]1(C)/C(=N\Nc1nc(-c3ccc(I)cc3)cs1)C2. The lowest BCUT2D eigenvalue weighted by Gasteiger charge is -2.34. The molecule has 1 aromatic carbocycles. The van der Waals surface area contributed by atoms with Crippen LogP contribution in [0.15, 0.2) is 34.7 Å². The number of anilines is 1. The lowest BCUT2D eigenvalue weighted by Crippen LogP contribution is -2.32. The Kier molecular flexibility index (Phi) is 3.99. The van der Waals surface area contributed by atoms with Gasteiger partial charge < -0.3 is 0 Å². The highest BCUT2D eigenvalue weighted by Crippen LogP contribution is 2.63. The first kappa shape index (κ1) is 16.5. The highest BCUT2D eigenvalue weighted by molar-refractivity contribution is 14.1. The molecular weight excluding hydrogens is 429 g/mol. The summed E-state index contributed by atoms with van der Waals surface area (Å²) in [5.74, 6) is 0.779. The summed E-state index contributed by atoms with van der Waals surface area (Å²) in [6, 6.07) is 8.46. The van der Waals surface area contributed by atoms with Gasteiger partial charge in [-0.05, 0) is 65.3 Å². The van der Waals surface area contributed by atoms with Gasteiger partial charge in [0.05, 0.1) is 5.69 Å². The fourth-order valence-electron chi connectivity index (χ4n) is 4.29. The van der Waals surface area contributed by atoms with Gasteiger partial charge in [-0.2, -0.15) is 5.10 Å². The standard InChI is InChI=1S/C19H22IN3S/c1-18(2)13-8-9-19(18,3)16(10-13)22-23-17-21-15(11-24-17)12-4-6-14(20)7-5-12/h4-7,11,13H,8-10H2,1-3H3,(H,21,23)/b22-16-/t13-,19-/m1/s1. The number of nitrogens with one attached hydrogen (secondary N) is 1. The lowest BCUT2D eigenvalue weighted by atomic mass is 9.70. The van der Waals surface area contributed by atoms with Gasteiger partial charge in [0.2, 0.25) is 5.13 Å². The smallest absolute Gasteiger partial charge is 0.203 e.